The Morgan fingerprint density at radius 1 is 1.22 bits per heavy atom. The van der Waals surface area contributed by atoms with E-state index in [1.165, 1.54) is 10.4 Å². The van der Waals surface area contributed by atoms with Crippen LogP contribution in [0.15, 0.2) is 35.7 Å². The van der Waals surface area contributed by atoms with Crippen LogP contribution in [-0.4, -0.2) is 57.9 Å². The molecule has 0 bridgehead atoms. The number of hydrogen-bond acceptors (Lipinski definition) is 6. The van der Waals surface area contributed by atoms with E-state index >= 15 is 0 Å². The molecule has 1 atom stereocenters. The summed E-state index contributed by atoms with van der Waals surface area (Å²) in [4.78, 5) is 16.0. The number of ether oxygens (including phenoxy) is 3. The SMILES string of the molecule is COCCNCC(=O)N1CCc2sccc2C1COc1ccc(OC)cc1. The molecule has 0 saturated carbocycles. The van der Waals surface area contributed by atoms with Gasteiger partial charge in [-0.25, -0.2) is 0 Å². The van der Waals surface area contributed by atoms with Crippen molar-refractivity contribution in [2.24, 2.45) is 0 Å². The number of thiophene rings is 1. The lowest BCUT2D eigenvalue weighted by Gasteiger charge is -2.36. The van der Waals surface area contributed by atoms with E-state index < -0.39 is 0 Å². The first-order valence-electron chi connectivity index (χ1n) is 9.05. The Morgan fingerprint density at radius 3 is 2.74 bits per heavy atom. The van der Waals surface area contributed by atoms with Gasteiger partial charge in [0, 0.05) is 25.1 Å². The maximum atomic E-state index is 12.8. The molecule has 0 radical (unpaired) electrons. The molecule has 0 saturated heterocycles. The van der Waals surface area contributed by atoms with E-state index in [-0.39, 0.29) is 11.9 Å². The van der Waals surface area contributed by atoms with Gasteiger partial charge in [-0.1, -0.05) is 0 Å². The minimum atomic E-state index is -0.0705. The monoisotopic (exact) mass is 390 g/mol. The average Bonchev–Trinajstić information content (AvgIpc) is 3.18. The Hall–Kier alpha value is -2.09. The van der Waals surface area contributed by atoms with E-state index in [0.717, 1.165) is 24.5 Å². The van der Waals surface area contributed by atoms with Crippen LogP contribution in [0.3, 0.4) is 0 Å². The summed E-state index contributed by atoms with van der Waals surface area (Å²) in [5.41, 5.74) is 1.20. The summed E-state index contributed by atoms with van der Waals surface area (Å²) in [6.45, 7) is 2.70. The van der Waals surface area contributed by atoms with Gasteiger partial charge >= 0.3 is 0 Å². The van der Waals surface area contributed by atoms with E-state index in [0.29, 0.717) is 26.3 Å². The molecule has 2 heterocycles. The number of fused-ring (bicyclic) bond motifs is 1. The second kappa shape index (κ2) is 9.73. The largest absolute Gasteiger partial charge is 0.497 e. The molecule has 1 aromatic carbocycles. The minimum absolute atomic E-state index is 0.0705. The highest BCUT2D eigenvalue weighted by atomic mass is 32.1. The predicted octanol–water partition coefficient (Wildman–Crippen LogP) is 2.50. The van der Waals surface area contributed by atoms with Crippen LogP contribution in [0.5, 0.6) is 11.5 Å². The molecule has 1 aromatic heterocycles. The van der Waals surface area contributed by atoms with Gasteiger partial charge in [0.1, 0.15) is 18.1 Å². The average molecular weight is 391 g/mol. The van der Waals surface area contributed by atoms with E-state index in [1.807, 2.05) is 29.2 Å². The molecule has 1 amide bonds. The van der Waals surface area contributed by atoms with Crippen LogP contribution in [0.4, 0.5) is 0 Å². The van der Waals surface area contributed by atoms with Crippen molar-refractivity contribution < 1.29 is 19.0 Å². The van der Waals surface area contributed by atoms with Crippen LogP contribution in [0, 0.1) is 0 Å². The van der Waals surface area contributed by atoms with Crippen molar-refractivity contribution in [3.63, 3.8) is 0 Å². The van der Waals surface area contributed by atoms with Gasteiger partial charge < -0.3 is 24.4 Å². The normalized spacial score (nSPS) is 16.1. The molecule has 6 nitrogen and oxygen atoms in total. The second-order valence-electron chi connectivity index (χ2n) is 6.31. The van der Waals surface area contributed by atoms with Gasteiger partial charge in [0.05, 0.1) is 26.3 Å². The standard InChI is InChI=1S/C20H26N2O4S/c1-24-11-9-21-13-20(23)22-10-7-19-17(8-12-27-19)18(22)14-26-16-5-3-15(25-2)4-6-16/h3-6,8,12,18,21H,7,9-11,13-14H2,1-2H3. The summed E-state index contributed by atoms with van der Waals surface area (Å²) in [7, 11) is 3.29. The number of nitrogens with one attached hydrogen (secondary N) is 1. The van der Waals surface area contributed by atoms with Crippen molar-refractivity contribution in [3.05, 3.63) is 46.2 Å². The molecular weight excluding hydrogens is 364 g/mol. The van der Waals surface area contributed by atoms with E-state index in [9.17, 15) is 4.79 Å². The van der Waals surface area contributed by atoms with Gasteiger partial charge in [-0.3, -0.25) is 4.79 Å². The predicted molar refractivity (Wildman–Crippen MR) is 106 cm³/mol. The highest BCUT2D eigenvalue weighted by Crippen LogP contribution is 2.34. The Bertz CT molecular complexity index is 732. The third-order valence-corrected chi connectivity index (χ3v) is 5.64. The molecule has 0 aliphatic carbocycles. The lowest BCUT2D eigenvalue weighted by atomic mass is 10.0. The van der Waals surface area contributed by atoms with Crippen molar-refractivity contribution in [2.75, 3.05) is 47.1 Å². The fourth-order valence-corrected chi connectivity index (χ4v) is 4.12. The summed E-state index contributed by atoms with van der Waals surface area (Å²) in [6.07, 6.45) is 0.899. The van der Waals surface area contributed by atoms with Gasteiger partial charge in [0.2, 0.25) is 5.91 Å². The molecule has 27 heavy (non-hydrogen) atoms. The summed E-state index contributed by atoms with van der Waals surface area (Å²) >= 11 is 1.75. The number of hydrogen-bond donors (Lipinski definition) is 1. The number of amides is 1. The van der Waals surface area contributed by atoms with Crippen molar-refractivity contribution in [1.29, 1.82) is 0 Å². The molecule has 1 aliphatic rings. The van der Waals surface area contributed by atoms with E-state index in [4.69, 9.17) is 14.2 Å². The second-order valence-corrected chi connectivity index (χ2v) is 7.31. The lowest BCUT2D eigenvalue weighted by molar-refractivity contribution is -0.133. The molecule has 0 spiro atoms. The fourth-order valence-electron chi connectivity index (χ4n) is 3.19. The molecule has 7 heteroatoms. The third-order valence-electron chi connectivity index (χ3n) is 4.64. The lowest BCUT2D eigenvalue weighted by Crippen LogP contribution is -2.46. The minimum Gasteiger partial charge on any atom is -0.497 e. The van der Waals surface area contributed by atoms with Gasteiger partial charge in [0.15, 0.2) is 0 Å². The number of nitrogens with zero attached hydrogens (tertiary/aromatic N) is 1. The Balaban J connectivity index is 1.66. The van der Waals surface area contributed by atoms with Gasteiger partial charge in [-0.15, -0.1) is 11.3 Å². The third kappa shape index (κ3) is 5.00. The topological polar surface area (TPSA) is 60.0 Å². The maximum absolute atomic E-state index is 12.8. The van der Waals surface area contributed by atoms with Crippen LogP contribution in [0.1, 0.15) is 16.5 Å². The van der Waals surface area contributed by atoms with Crippen LogP contribution >= 0.6 is 11.3 Å². The van der Waals surface area contributed by atoms with Gasteiger partial charge in [-0.2, -0.15) is 0 Å². The Morgan fingerprint density at radius 2 is 2.00 bits per heavy atom. The van der Waals surface area contributed by atoms with E-state index in [1.54, 1.807) is 25.6 Å². The van der Waals surface area contributed by atoms with Crippen LogP contribution < -0.4 is 14.8 Å². The first-order valence-corrected chi connectivity index (χ1v) is 9.93. The number of benzene rings is 1. The van der Waals surface area contributed by atoms with Crippen LogP contribution in [0.2, 0.25) is 0 Å². The zero-order valence-electron chi connectivity index (χ0n) is 15.8. The molecule has 146 valence electrons. The van der Waals surface area contributed by atoms with Gasteiger partial charge in [0.25, 0.3) is 0 Å². The molecule has 2 aromatic rings. The smallest absolute Gasteiger partial charge is 0.237 e. The number of carbonyl (C=O) groups excluding carboxylic acids is 1. The zero-order chi connectivity index (χ0) is 19.1. The van der Waals surface area contributed by atoms with Crippen molar-refractivity contribution >= 4 is 17.2 Å². The summed E-state index contributed by atoms with van der Waals surface area (Å²) in [5.74, 6) is 1.65. The summed E-state index contributed by atoms with van der Waals surface area (Å²) < 4.78 is 16.2. The Kier molecular flexibility index (Phi) is 7.09. The first-order chi connectivity index (χ1) is 13.2. The molecule has 3 rings (SSSR count). The first kappa shape index (κ1) is 19.7. The summed E-state index contributed by atoms with van der Waals surface area (Å²) in [6, 6.07) is 9.55. The molecular formula is C20H26N2O4S. The van der Waals surface area contributed by atoms with Crippen molar-refractivity contribution in [1.82, 2.24) is 10.2 Å². The maximum Gasteiger partial charge on any atom is 0.237 e. The highest BCUT2D eigenvalue weighted by Gasteiger charge is 2.31. The fraction of sp³-hybridized carbons (Fsp3) is 0.450. The summed E-state index contributed by atoms with van der Waals surface area (Å²) in [5, 5.41) is 5.23. The Labute approximate surface area is 164 Å². The molecule has 0 fully saturated rings. The number of rotatable bonds is 9. The van der Waals surface area contributed by atoms with Gasteiger partial charge in [-0.05, 0) is 47.7 Å². The number of carbonyl (C=O) groups is 1. The highest BCUT2D eigenvalue weighted by molar-refractivity contribution is 7.10. The van der Waals surface area contributed by atoms with Crippen molar-refractivity contribution in [3.8, 4) is 11.5 Å². The van der Waals surface area contributed by atoms with Crippen LogP contribution in [-0.2, 0) is 16.0 Å². The van der Waals surface area contributed by atoms with E-state index in [2.05, 4.69) is 16.8 Å². The van der Waals surface area contributed by atoms with Crippen molar-refractivity contribution in [2.45, 2.75) is 12.5 Å². The molecule has 1 N–H and O–H groups in total. The van der Waals surface area contributed by atoms with Crippen LogP contribution in [0.25, 0.3) is 0 Å². The molecule has 1 unspecified atom stereocenters. The zero-order valence-corrected chi connectivity index (χ0v) is 16.6. The number of methoxy groups -OCH3 is 2. The quantitative estimate of drug-likeness (QED) is 0.667. The molecule has 1 aliphatic heterocycles.